The predicted molar refractivity (Wildman–Crippen MR) is 95.5 cm³/mol. The van der Waals surface area contributed by atoms with Crippen molar-refractivity contribution in [3.05, 3.63) is 72.0 Å². The lowest BCUT2D eigenvalue weighted by atomic mass is 9.42. The molecule has 23 heavy (non-hydrogen) atoms. The third kappa shape index (κ3) is 2.61. The van der Waals surface area contributed by atoms with Gasteiger partial charge in [0.15, 0.2) is 5.78 Å². The van der Waals surface area contributed by atoms with Gasteiger partial charge in [0.05, 0.1) is 11.3 Å². The lowest BCUT2D eigenvalue weighted by molar-refractivity contribution is -0.113. The summed E-state index contributed by atoms with van der Waals surface area (Å²) in [7, 11) is 0. The zero-order valence-corrected chi connectivity index (χ0v) is 13.6. The van der Waals surface area contributed by atoms with E-state index in [1.165, 1.54) is 0 Å². The van der Waals surface area contributed by atoms with Crippen molar-refractivity contribution < 1.29 is 9.45 Å². The fraction of sp³-hybridized carbons (Fsp3) is 0.158. The molecule has 0 fully saturated rings. The van der Waals surface area contributed by atoms with Crippen LogP contribution in [0.3, 0.4) is 0 Å². The molecular formula is C19H19BNO2-. The molecule has 2 aromatic carbocycles. The summed E-state index contributed by atoms with van der Waals surface area (Å²) in [5.41, 5.74) is 3.31. The van der Waals surface area contributed by atoms with Crippen molar-refractivity contribution >= 4 is 28.9 Å². The smallest absolute Gasteiger partial charge is 0.335 e. The zero-order chi connectivity index (χ0) is 16.4. The molecule has 3 nitrogen and oxygen atoms in total. The Morgan fingerprint density at radius 1 is 0.913 bits per heavy atom. The first kappa shape index (κ1) is 15.3. The van der Waals surface area contributed by atoms with E-state index in [4.69, 9.17) is 9.56 Å². The van der Waals surface area contributed by atoms with E-state index >= 15 is 0 Å². The number of nitrogens with zero attached hydrogens (tertiary/aromatic N) is 1. The summed E-state index contributed by atoms with van der Waals surface area (Å²) >= 11 is 0. The number of benzene rings is 2. The van der Waals surface area contributed by atoms with Gasteiger partial charge in [-0.05, 0) is 20.8 Å². The molecule has 0 amide bonds. The maximum atomic E-state index is 11.9. The monoisotopic (exact) mass is 304 g/mol. The molecule has 0 radical (unpaired) electrons. The second kappa shape index (κ2) is 5.88. The molecule has 0 aliphatic carbocycles. The van der Waals surface area contributed by atoms with Crippen LogP contribution in [0.25, 0.3) is 0 Å². The van der Waals surface area contributed by atoms with Gasteiger partial charge < -0.3 is 9.56 Å². The number of Topliss-reactive ketones (excluding diaryl/α,β-unsaturated/α-hetero) is 1. The molecule has 1 aliphatic rings. The fourth-order valence-electron chi connectivity index (χ4n) is 3.34. The summed E-state index contributed by atoms with van der Waals surface area (Å²) in [6.07, 6.45) is 0. The molecule has 0 saturated carbocycles. The van der Waals surface area contributed by atoms with Crippen LogP contribution in [0.4, 0.5) is 0 Å². The van der Waals surface area contributed by atoms with E-state index in [0.29, 0.717) is 11.3 Å². The summed E-state index contributed by atoms with van der Waals surface area (Å²) in [6.45, 7) is 3.50. The third-order valence-electron chi connectivity index (χ3n) is 4.29. The number of carbonyl (C=O) groups is 1. The quantitative estimate of drug-likeness (QED) is 0.818. The van der Waals surface area contributed by atoms with Gasteiger partial charge in [0.25, 0.3) is 0 Å². The molecule has 0 atom stereocenters. The summed E-state index contributed by atoms with van der Waals surface area (Å²) in [4.78, 5) is 16.8. The summed E-state index contributed by atoms with van der Waals surface area (Å²) < 4.78 is 6.32. The topological polar surface area (TPSA) is 38.7 Å². The van der Waals surface area contributed by atoms with Crippen molar-refractivity contribution in [2.75, 3.05) is 0 Å². The molecule has 0 saturated heterocycles. The SMILES string of the molecule is CC(=O)C1=C(C)O[B-](c2ccccc2)(c2ccccc2)N=C1C. The largest absolute Gasteiger partial charge is 0.692 e. The zero-order valence-electron chi connectivity index (χ0n) is 13.6. The minimum atomic E-state index is -1.77. The van der Waals surface area contributed by atoms with Crippen molar-refractivity contribution in [2.45, 2.75) is 20.8 Å². The van der Waals surface area contributed by atoms with Gasteiger partial charge in [-0.3, -0.25) is 4.79 Å². The van der Waals surface area contributed by atoms with Crippen molar-refractivity contribution in [3.8, 4) is 0 Å². The van der Waals surface area contributed by atoms with Crippen LogP contribution >= 0.6 is 0 Å². The van der Waals surface area contributed by atoms with E-state index < -0.39 is 6.48 Å². The first-order chi connectivity index (χ1) is 11.0. The van der Waals surface area contributed by atoms with E-state index in [9.17, 15) is 4.79 Å². The van der Waals surface area contributed by atoms with E-state index in [2.05, 4.69) is 0 Å². The predicted octanol–water partition coefficient (Wildman–Crippen LogP) is 2.60. The third-order valence-corrected chi connectivity index (χ3v) is 4.29. The highest BCUT2D eigenvalue weighted by Crippen LogP contribution is 2.24. The lowest BCUT2D eigenvalue weighted by Crippen LogP contribution is -2.61. The molecule has 0 aromatic heterocycles. The van der Waals surface area contributed by atoms with Crippen molar-refractivity contribution in [1.82, 2.24) is 0 Å². The maximum absolute atomic E-state index is 11.9. The fourth-order valence-corrected chi connectivity index (χ4v) is 3.34. The summed E-state index contributed by atoms with van der Waals surface area (Å²) in [5, 5.41) is 0. The molecule has 0 N–H and O–H groups in total. The Kier molecular flexibility index (Phi) is 3.91. The highest BCUT2D eigenvalue weighted by Gasteiger charge is 2.35. The second-order valence-electron chi connectivity index (χ2n) is 5.88. The Bertz CT molecular complexity index is 755. The number of carbonyl (C=O) groups excluding carboxylic acids is 1. The van der Waals surface area contributed by atoms with Crippen LogP contribution in [0.2, 0.25) is 0 Å². The number of ketones is 1. The van der Waals surface area contributed by atoms with Gasteiger partial charge in [-0.2, -0.15) is 0 Å². The molecule has 0 spiro atoms. The average molecular weight is 304 g/mol. The normalized spacial score (nSPS) is 16.6. The highest BCUT2D eigenvalue weighted by atomic mass is 16.5. The summed E-state index contributed by atoms with van der Waals surface area (Å²) in [6, 6.07) is 20.0. The van der Waals surface area contributed by atoms with Gasteiger partial charge in [-0.15, -0.1) is 10.9 Å². The molecule has 2 aromatic rings. The molecule has 1 aliphatic heterocycles. The Morgan fingerprint density at radius 3 is 1.78 bits per heavy atom. The highest BCUT2D eigenvalue weighted by molar-refractivity contribution is 6.97. The van der Waals surface area contributed by atoms with Crippen LogP contribution in [0, 0.1) is 0 Å². The maximum Gasteiger partial charge on any atom is 0.335 e. The molecule has 116 valence electrons. The second-order valence-corrected chi connectivity index (χ2v) is 5.88. The van der Waals surface area contributed by atoms with Crippen LogP contribution in [-0.2, 0) is 9.45 Å². The van der Waals surface area contributed by atoms with Crippen LogP contribution in [0.5, 0.6) is 0 Å². The van der Waals surface area contributed by atoms with Gasteiger partial charge in [0, 0.05) is 5.71 Å². The molecule has 1 heterocycles. The molecule has 0 bridgehead atoms. The molecular weight excluding hydrogens is 285 g/mol. The van der Waals surface area contributed by atoms with Crippen LogP contribution < -0.4 is 10.9 Å². The Labute approximate surface area is 136 Å². The Morgan fingerprint density at radius 2 is 1.39 bits per heavy atom. The van der Waals surface area contributed by atoms with Crippen molar-refractivity contribution in [1.29, 1.82) is 0 Å². The standard InChI is InChI=1S/C19H19BNO2/c1-14-19(15(2)22)16(3)23-20(21-14,17-10-6-4-7-11-17)18-12-8-5-9-13-18/h4-13H,1-3H3/q-1. The number of hydrogen-bond donors (Lipinski definition) is 0. The molecule has 4 heteroatoms. The number of allylic oxidation sites excluding steroid dienone is 2. The van der Waals surface area contributed by atoms with Crippen molar-refractivity contribution in [3.63, 3.8) is 0 Å². The minimum Gasteiger partial charge on any atom is -0.692 e. The Hall–Kier alpha value is -2.62. The van der Waals surface area contributed by atoms with Gasteiger partial charge >= 0.3 is 6.48 Å². The van der Waals surface area contributed by atoms with Gasteiger partial charge in [-0.25, -0.2) is 0 Å². The lowest BCUT2D eigenvalue weighted by Gasteiger charge is -2.44. The van der Waals surface area contributed by atoms with E-state index in [0.717, 1.165) is 16.6 Å². The number of hydrogen-bond acceptors (Lipinski definition) is 3. The number of rotatable bonds is 3. The van der Waals surface area contributed by atoms with Gasteiger partial charge in [-0.1, -0.05) is 60.7 Å². The first-order valence-corrected chi connectivity index (χ1v) is 7.77. The molecule has 3 rings (SSSR count). The van der Waals surface area contributed by atoms with Gasteiger partial charge in [0.1, 0.15) is 0 Å². The first-order valence-electron chi connectivity index (χ1n) is 7.77. The average Bonchev–Trinajstić information content (AvgIpc) is 2.55. The molecule has 0 unspecified atom stereocenters. The van der Waals surface area contributed by atoms with Crippen molar-refractivity contribution in [2.24, 2.45) is 4.90 Å². The van der Waals surface area contributed by atoms with Crippen LogP contribution in [0.1, 0.15) is 20.8 Å². The van der Waals surface area contributed by atoms with Gasteiger partial charge in [0.2, 0.25) is 0 Å². The van der Waals surface area contributed by atoms with Crippen LogP contribution in [-0.4, -0.2) is 18.0 Å². The van der Waals surface area contributed by atoms with E-state index in [1.54, 1.807) is 6.92 Å². The minimum absolute atomic E-state index is 0.0192. The summed E-state index contributed by atoms with van der Waals surface area (Å²) in [5.74, 6) is 0.618. The van der Waals surface area contributed by atoms with Crippen LogP contribution in [0.15, 0.2) is 76.9 Å². The van der Waals surface area contributed by atoms with E-state index in [1.807, 2.05) is 74.5 Å². The Balaban J connectivity index is 2.24. The van der Waals surface area contributed by atoms with E-state index in [-0.39, 0.29) is 5.78 Å².